The molecule has 2 aliphatic carbocycles. The van der Waals surface area contributed by atoms with Gasteiger partial charge in [-0.1, -0.05) is 77.5 Å². The number of Topliss-reactive ketones (excluding diaryl/α,β-unsaturated/α-hetero) is 1. The minimum absolute atomic E-state index is 0.0477. The van der Waals surface area contributed by atoms with Crippen LogP contribution in [-0.4, -0.2) is 33.9 Å². The summed E-state index contributed by atoms with van der Waals surface area (Å²) in [4.78, 5) is 14.1. The fraction of sp³-hybridized carbons (Fsp3) is 0.656. The minimum Gasteiger partial charge on any atom is -0.497 e. The number of fused-ring (bicyclic) bond motifs is 2. The van der Waals surface area contributed by atoms with Crippen LogP contribution in [0.1, 0.15) is 72.8 Å². The Hall–Kier alpha value is -1.69. The highest BCUT2D eigenvalue weighted by molar-refractivity contribution is 6.73. The molecule has 0 radical (unpaired) electrons. The van der Waals surface area contributed by atoms with Crippen molar-refractivity contribution in [2.45, 2.75) is 98.1 Å². The summed E-state index contributed by atoms with van der Waals surface area (Å²) in [6.07, 6.45) is 5.76. The van der Waals surface area contributed by atoms with E-state index in [1.807, 2.05) is 24.3 Å². The van der Waals surface area contributed by atoms with Gasteiger partial charge in [0.15, 0.2) is 14.1 Å². The van der Waals surface area contributed by atoms with Crippen molar-refractivity contribution in [2.24, 2.45) is 23.2 Å². The molecule has 1 aromatic rings. The van der Waals surface area contributed by atoms with Crippen LogP contribution in [0.4, 0.5) is 0 Å². The largest absolute Gasteiger partial charge is 0.497 e. The molecule has 4 atom stereocenters. The van der Waals surface area contributed by atoms with Gasteiger partial charge < -0.3 is 13.9 Å². The van der Waals surface area contributed by atoms with Crippen LogP contribution in [-0.2, 0) is 20.6 Å². The monoisotopic (exact) mass is 526 g/mol. The van der Waals surface area contributed by atoms with Gasteiger partial charge in [0.1, 0.15) is 11.9 Å². The summed E-state index contributed by atoms with van der Waals surface area (Å²) in [5.41, 5.74) is 3.63. The van der Waals surface area contributed by atoms with Gasteiger partial charge >= 0.3 is 0 Å². The van der Waals surface area contributed by atoms with Crippen molar-refractivity contribution >= 4 is 14.1 Å². The highest BCUT2D eigenvalue weighted by Gasteiger charge is 2.48. The number of allylic oxidation sites excluding steroid dienone is 2. The fourth-order valence-electron chi connectivity index (χ4n) is 6.52. The second kappa shape index (κ2) is 12.9. The van der Waals surface area contributed by atoms with E-state index in [9.17, 15) is 4.79 Å². The quantitative estimate of drug-likeness (QED) is 0.204. The summed E-state index contributed by atoms with van der Waals surface area (Å²) >= 11 is 0. The van der Waals surface area contributed by atoms with Crippen LogP contribution in [0.3, 0.4) is 0 Å². The predicted octanol–water partition coefficient (Wildman–Crippen LogP) is 8.14. The first-order valence-electron chi connectivity index (χ1n) is 14.4. The van der Waals surface area contributed by atoms with E-state index in [0.717, 1.165) is 67.3 Å². The van der Waals surface area contributed by atoms with Gasteiger partial charge in [-0.05, 0) is 72.8 Å². The molecule has 2 aliphatic rings. The Balaban J connectivity index is 1.78. The standard InChI is InChI=1S/C32H50O4Si/c1-9-37(10-2,11-3)36-21-20-23(4)28-18-14-26-15-19-29(32(26,6)7)31(30(33)24(28)5)35-22-25-12-16-27(34-8)17-13-25/h12-14,16-17,24,28-29,31H,4,9-11,15,18-22H2,1-3,5-8H3/t24-,28-,29?,31-/m1/s1. The minimum atomic E-state index is -1.63. The van der Waals surface area contributed by atoms with Crippen molar-refractivity contribution in [3.63, 3.8) is 0 Å². The number of ketones is 1. The number of carbonyl (C=O) groups excluding carboxylic acids is 1. The average molecular weight is 527 g/mol. The van der Waals surface area contributed by atoms with Crippen LogP contribution >= 0.6 is 0 Å². The molecule has 0 heterocycles. The number of hydrogen-bond acceptors (Lipinski definition) is 4. The molecule has 1 aromatic carbocycles. The van der Waals surface area contributed by atoms with Crippen LogP contribution in [0, 0.1) is 23.2 Å². The van der Waals surface area contributed by atoms with Crippen molar-refractivity contribution in [2.75, 3.05) is 13.7 Å². The van der Waals surface area contributed by atoms with Crippen molar-refractivity contribution in [1.29, 1.82) is 0 Å². The SMILES string of the molecule is C=C(CCO[Si](CC)(CC)CC)[C@H]1CC=C2CCC([C@@H](OCc3ccc(OC)cc3)C(=O)[C@@H]1C)C2(C)C. The molecule has 0 amide bonds. The van der Waals surface area contributed by atoms with Crippen molar-refractivity contribution in [3.8, 4) is 5.75 Å². The molecule has 37 heavy (non-hydrogen) atoms. The molecule has 0 saturated heterocycles. The molecule has 0 spiro atoms. The summed E-state index contributed by atoms with van der Waals surface area (Å²) in [5.74, 6) is 1.23. The summed E-state index contributed by atoms with van der Waals surface area (Å²) in [7, 11) is 0.0408. The summed E-state index contributed by atoms with van der Waals surface area (Å²) < 4.78 is 18.3. The zero-order valence-electron chi connectivity index (χ0n) is 24.4. The second-order valence-electron chi connectivity index (χ2n) is 11.7. The Morgan fingerprint density at radius 2 is 1.76 bits per heavy atom. The maximum atomic E-state index is 14.1. The van der Waals surface area contributed by atoms with Gasteiger partial charge in [-0.3, -0.25) is 4.79 Å². The van der Waals surface area contributed by atoms with Crippen LogP contribution in [0.5, 0.6) is 5.75 Å². The van der Waals surface area contributed by atoms with Crippen molar-refractivity contribution in [3.05, 3.63) is 53.6 Å². The van der Waals surface area contributed by atoms with Gasteiger partial charge in [0.25, 0.3) is 0 Å². The smallest absolute Gasteiger partial charge is 0.191 e. The first-order valence-corrected chi connectivity index (χ1v) is 16.9. The maximum Gasteiger partial charge on any atom is 0.191 e. The first-order chi connectivity index (χ1) is 17.6. The van der Waals surface area contributed by atoms with Gasteiger partial charge in [0, 0.05) is 18.4 Å². The van der Waals surface area contributed by atoms with Crippen LogP contribution < -0.4 is 4.74 Å². The van der Waals surface area contributed by atoms with E-state index in [1.54, 1.807) is 7.11 Å². The molecule has 206 valence electrons. The van der Waals surface area contributed by atoms with Crippen LogP contribution in [0.2, 0.25) is 18.1 Å². The number of methoxy groups -OCH3 is 1. The molecule has 3 rings (SSSR count). The van der Waals surface area contributed by atoms with Gasteiger partial charge in [-0.2, -0.15) is 0 Å². The highest BCUT2D eigenvalue weighted by Crippen LogP contribution is 2.51. The van der Waals surface area contributed by atoms with E-state index in [4.69, 9.17) is 13.9 Å². The van der Waals surface area contributed by atoms with Gasteiger partial charge in [0.05, 0.1) is 13.7 Å². The van der Waals surface area contributed by atoms with Crippen LogP contribution in [0.25, 0.3) is 0 Å². The Morgan fingerprint density at radius 1 is 1.11 bits per heavy atom. The first kappa shape index (κ1) is 29.9. The van der Waals surface area contributed by atoms with Gasteiger partial charge in [0.2, 0.25) is 0 Å². The zero-order chi connectivity index (χ0) is 27.2. The van der Waals surface area contributed by atoms with Crippen molar-refractivity contribution < 1.29 is 18.7 Å². The van der Waals surface area contributed by atoms with E-state index in [0.29, 0.717) is 6.61 Å². The molecule has 0 aliphatic heterocycles. The molecule has 1 fully saturated rings. The predicted molar refractivity (Wildman–Crippen MR) is 155 cm³/mol. The second-order valence-corrected chi connectivity index (χ2v) is 16.5. The van der Waals surface area contributed by atoms with Crippen molar-refractivity contribution in [1.82, 2.24) is 0 Å². The Morgan fingerprint density at radius 3 is 2.35 bits per heavy atom. The molecule has 1 saturated carbocycles. The normalized spacial score (nSPS) is 25.7. The van der Waals surface area contributed by atoms with Gasteiger partial charge in [-0.15, -0.1) is 0 Å². The number of benzene rings is 1. The topological polar surface area (TPSA) is 44.8 Å². The van der Waals surface area contributed by atoms with Gasteiger partial charge in [-0.25, -0.2) is 0 Å². The van der Waals surface area contributed by atoms with E-state index < -0.39 is 14.4 Å². The lowest BCUT2D eigenvalue weighted by Gasteiger charge is -2.35. The molecule has 5 heteroatoms. The molecule has 2 bridgehead atoms. The Labute approximate surface area is 227 Å². The lowest BCUT2D eigenvalue weighted by Crippen LogP contribution is -2.42. The number of rotatable bonds is 12. The summed E-state index contributed by atoms with van der Waals surface area (Å²) in [6, 6.07) is 11.4. The number of hydrogen-bond donors (Lipinski definition) is 0. The summed E-state index contributed by atoms with van der Waals surface area (Å²) in [6.45, 7) is 19.1. The van der Waals surface area contributed by atoms with E-state index in [-0.39, 0.29) is 29.0 Å². The third-order valence-corrected chi connectivity index (χ3v) is 14.4. The molecule has 0 aromatic heterocycles. The maximum absolute atomic E-state index is 14.1. The molecular formula is C32H50O4Si. The third kappa shape index (κ3) is 6.66. The molecule has 1 unspecified atom stereocenters. The van der Waals surface area contributed by atoms with E-state index in [2.05, 4.69) is 54.2 Å². The lowest BCUT2D eigenvalue weighted by molar-refractivity contribution is -0.142. The number of ether oxygens (including phenoxy) is 2. The molecular weight excluding hydrogens is 476 g/mol. The Bertz CT molecular complexity index is 936. The van der Waals surface area contributed by atoms with Crippen LogP contribution in [0.15, 0.2) is 48.1 Å². The fourth-order valence-corrected chi connectivity index (χ4v) is 9.17. The van der Waals surface area contributed by atoms with E-state index in [1.165, 1.54) is 5.57 Å². The molecule has 0 N–H and O–H groups in total. The third-order valence-electron chi connectivity index (χ3n) is 9.67. The number of carbonyl (C=O) groups is 1. The van der Waals surface area contributed by atoms with E-state index >= 15 is 0 Å². The average Bonchev–Trinajstić information content (AvgIpc) is 3.21. The Kier molecular flexibility index (Phi) is 10.4. The lowest BCUT2D eigenvalue weighted by atomic mass is 9.73. The summed E-state index contributed by atoms with van der Waals surface area (Å²) in [5, 5.41) is 0. The zero-order valence-corrected chi connectivity index (χ0v) is 25.4. The highest BCUT2D eigenvalue weighted by atomic mass is 28.4. The molecule has 4 nitrogen and oxygen atoms in total.